The summed E-state index contributed by atoms with van der Waals surface area (Å²) in [7, 11) is 0. The van der Waals surface area contributed by atoms with Crippen LogP contribution in [0.15, 0.2) is 42.6 Å². The van der Waals surface area contributed by atoms with Crippen LogP contribution in [-0.2, 0) is 20.7 Å². The largest absolute Gasteiger partial charge is 0.490 e. The summed E-state index contributed by atoms with van der Waals surface area (Å²) in [5.74, 6) is -3.61. The van der Waals surface area contributed by atoms with Gasteiger partial charge in [0.05, 0.1) is 26.1 Å². The molecule has 2 saturated heterocycles. The second kappa shape index (κ2) is 10.3. The number of amides is 1. The van der Waals surface area contributed by atoms with Crippen molar-refractivity contribution in [3.05, 3.63) is 59.8 Å². The highest BCUT2D eigenvalue weighted by molar-refractivity contribution is 5.80. The Kier molecular flexibility index (Phi) is 7.70. The van der Waals surface area contributed by atoms with E-state index in [1.165, 1.54) is 30.5 Å². The summed E-state index contributed by atoms with van der Waals surface area (Å²) in [4.78, 5) is 26.9. The van der Waals surface area contributed by atoms with E-state index in [-0.39, 0.29) is 29.9 Å². The van der Waals surface area contributed by atoms with Crippen LogP contribution in [0.1, 0.15) is 12.0 Å². The quantitative estimate of drug-likeness (QED) is 0.651. The number of ether oxygens (including phenoxy) is 2. The van der Waals surface area contributed by atoms with Gasteiger partial charge < -0.3 is 19.5 Å². The van der Waals surface area contributed by atoms with Crippen molar-refractivity contribution in [2.24, 2.45) is 5.92 Å². The van der Waals surface area contributed by atoms with Crippen LogP contribution >= 0.6 is 0 Å². The number of benzene rings is 1. The third-order valence-corrected chi connectivity index (χ3v) is 5.50. The molecule has 0 aliphatic carbocycles. The zero-order chi connectivity index (χ0) is 24.9. The van der Waals surface area contributed by atoms with Gasteiger partial charge in [-0.1, -0.05) is 12.1 Å². The highest BCUT2D eigenvalue weighted by Gasteiger charge is 2.54. The number of nitrogens with zero attached hydrogens (tertiary/aromatic N) is 2. The summed E-state index contributed by atoms with van der Waals surface area (Å²) >= 11 is 0. The first kappa shape index (κ1) is 25.3. The lowest BCUT2D eigenvalue weighted by Gasteiger charge is -2.50. The number of carbonyl (C=O) groups excluding carboxylic acids is 1. The highest BCUT2D eigenvalue weighted by atomic mass is 19.4. The number of aliphatic carboxylic acids is 1. The smallest absolute Gasteiger partial charge is 0.475 e. The van der Waals surface area contributed by atoms with Crippen LogP contribution in [0.4, 0.5) is 22.0 Å². The Labute approximate surface area is 191 Å². The molecule has 1 spiro atoms. The molecule has 0 saturated carbocycles. The van der Waals surface area contributed by atoms with Crippen LogP contribution in [0.5, 0.6) is 5.88 Å². The third kappa shape index (κ3) is 6.19. The molecule has 1 N–H and O–H groups in total. The fourth-order valence-corrected chi connectivity index (χ4v) is 3.74. The second-order valence-electron chi connectivity index (χ2n) is 7.86. The van der Waals surface area contributed by atoms with Gasteiger partial charge in [-0.2, -0.15) is 13.2 Å². The predicted octanol–water partition coefficient (Wildman–Crippen LogP) is 3.23. The average molecular weight is 488 g/mol. The Hall–Kier alpha value is -3.28. The topological polar surface area (TPSA) is 89.0 Å². The van der Waals surface area contributed by atoms with Crippen molar-refractivity contribution in [1.29, 1.82) is 0 Å². The van der Waals surface area contributed by atoms with E-state index in [2.05, 4.69) is 4.98 Å². The maximum atomic E-state index is 13.7. The molecule has 2 aliphatic rings. The van der Waals surface area contributed by atoms with Gasteiger partial charge in [0.25, 0.3) is 0 Å². The summed E-state index contributed by atoms with van der Waals surface area (Å²) in [5.41, 5.74) is 0.210. The van der Waals surface area contributed by atoms with E-state index >= 15 is 0 Å². The van der Waals surface area contributed by atoms with Crippen LogP contribution in [0.2, 0.25) is 0 Å². The van der Waals surface area contributed by atoms with Gasteiger partial charge in [-0.25, -0.2) is 18.6 Å². The van der Waals surface area contributed by atoms with Crippen LogP contribution in [0.25, 0.3) is 0 Å². The number of aromatic nitrogens is 1. The maximum absolute atomic E-state index is 13.7. The van der Waals surface area contributed by atoms with Gasteiger partial charge in [0.1, 0.15) is 11.4 Å². The Morgan fingerprint density at radius 2 is 1.91 bits per heavy atom. The van der Waals surface area contributed by atoms with Crippen molar-refractivity contribution in [1.82, 2.24) is 9.88 Å². The van der Waals surface area contributed by atoms with E-state index in [0.29, 0.717) is 31.9 Å². The molecule has 2 aliphatic heterocycles. The van der Waals surface area contributed by atoms with E-state index in [4.69, 9.17) is 19.4 Å². The van der Waals surface area contributed by atoms with E-state index in [9.17, 15) is 26.7 Å². The van der Waals surface area contributed by atoms with Gasteiger partial charge in [0.2, 0.25) is 11.8 Å². The van der Waals surface area contributed by atoms with Crippen molar-refractivity contribution in [3.63, 3.8) is 0 Å². The molecule has 0 bridgehead atoms. The fourth-order valence-electron chi connectivity index (χ4n) is 3.74. The van der Waals surface area contributed by atoms with Crippen LogP contribution in [0.3, 0.4) is 0 Å². The molecule has 184 valence electrons. The molecule has 34 heavy (non-hydrogen) atoms. The van der Waals surface area contributed by atoms with Gasteiger partial charge in [-0.15, -0.1) is 0 Å². The highest BCUT2D eigenvalue weighted by Crippen LogP contribution is 2.40. The Balaban J connectivity index is 0.000000406. The molecule has 1 unspecified atom stereocenters. The molecule has 3 heterocycles. The molecule has 2 fully saturated rings. The number of halogens is 5. The molecule has 12 heteroatoms. The Morgan fingerprint density at radius 3 is 2.53 bits per heavy atom. The fraction of sp³-hybridized carbons (Fsp3) is 0.409. The number of hydrogen-bond donors (Lipinski definition) is 1. The number of carbonyl (C=O) groups is 2. The molecule has 4 rings (SSSR count). The summed E-state index contributed by atoms with van der Waals surface area (Å²) in [6, 6.07) is 8.88. The van der Waals surface area contributed by atoms with Crippen molar-refractivity contribution in [2.75, 3.05) is 26.3 Å². The minimum atomic E-state index is -5.08. The monoisotopic (exact) mass is 488 g/mol. The van der Waals surface area contributed by atoms with Crippen molar-refractivity contribution >= 4 is 11.9 Å². The number of pyridine rings is 1. The van der Waals surface area contributed by atoms with Crippen molar-refractivity contribution in [3.8, 4) is 5.88 Å². The molecule has 1 aromatic heterocycles. The number of hydrogen-bond acceptors (Lipinski definition) is 5. The van der Waals surface area contributed by atoms with Gasteiger partial charge in [0.15, 0.2) is 5.82 Å². The van der Waals surface area contributed by atoms with E-state index in [0.717, 1.165) is 6.42 Å². The summed E-state index contributed by atoms with van der Waals surface area (Å²) in [5, 5.41) is 7.12. The molecule has 0 radical (unpaired) electrons. The second-order valence-corrected chi connectivity index (χ2v) is 7.86. The lowest BCUT2D eigenvalue weighted by atomic mass is 9.81. The molecule has 1 aromatic carbocycles. The lowest BCUT2D eigenvalue weighted by Crippen LogP contribution is -2.67. The lowest BCUT2D eigenvalue weighted by molar-refractivity contribution is -0.192. The zero-order valence-corrected chi connectivity index (χ0v) is 17.7. The first-order valence-electron chi connectivity index (χ1n) is 10.2. The normalized spacial score (nSPS) is 18.6. The zero-order valence-electron chi connectivity index (χ0n) is 17.7. The molecular formula is C22H21F5N2O5. The van der Waals surface area contributed by atoms with Crippen molar-refractivity contribution in [2.45, 2.75) is 24.6 Å². The van der Waals surface area contributed by atoms with Crippen LogP contribution in [0, 0.1) is 17.6 Å². The number of likely N-dealkylation sites (tertiary alicyclic amines) is 1. The number of alkyl halides is 3. The molecular weight excluding hydrogens is 467 g/mol. The van der Waals surface area contributed by atoms with Crippen LogP contribution < -0.4 is 4.74 Å². The Morgan fingerprint density at radius 1 is 1.21 bits per heavy atom. The van der Waals surface area contributed by atoms with Gasteiger partial charge in [-0.05, 0) is 36.2 Å². The van der Waals surface area contributed by atoms with Crippen LogP contribution in [-0.4, -0.2) is 64.9 Å². The SMILES string of the molecule is O=C(Cc1cccc(F)c1)N1CC2(C1)OCCC2COc1ncccc1F.O=C(O)C(F)(F)F. The standard InChI is InChI=1S/C20H20F2N2O3.C2HF3O2/c21-16-4-1-3-14(9-16)10-18(25)24-12-20(13-24)15(6-8-27-20)11-26-19-17(22)5-2-7-23-19;3-2(4,5)1(6)7/h1-5,7,9,15H,6,8,10-13H2;(H,6,7). The van der Waals surface area contributed by atoms with E-state index in [1.54, 1.807) is 17.0 Å². The summed E-state index contributed by atoms with van der Waals surface area (Å²) in [6.45, 7) is 1.82. The van der Waals surface area contributed by atoms with Crippen molar-refractivity contribution < 1.29 is 46.1 Å². The average Bonchev–Trinajstić information content (AvgIpc) is 3.16. The first-order valence-corrected chi connectivity index (χ1v) is 10.2. The minimum Gasteiger partial charge on any atom is -0.475 e. The number of carboxylic acids is 1. The summed E-state index contributed by atoms with van der Waals surface area (Å²) in [6.07, 6.45) is -2.65. The molecule has 1 atom stereocenters. The van der Waals surface area contributed by atoms with E-state index < -0.39 is 23.6 Å². The van der Waals surface area contributed by atoms with Gasteiger partial charge in [-0.3, -0.25) is 4.79 Å². The first-order chi connectivity index (χ1) is 16.0. The molecule has 1 amide bonds. The number of rotatable bonds is 5. The molecule has 7 nitrogen and oxygen atoms in total. The summed E-state index contributed by atoms with van der Waals surface area (Å²) < 4.78 is 70.1. The third-order valence-electron chi connectivity index (χ3n) is 5.50. The molecule has 2 aromatic rings. The van der Waals surface area contributed by atoms with Gasteiger partial charge in [0, 0.05) is 18.7 Å². The maximum Gasteiger partial charge on any atom is 0.490 e. The predicted molar refractivity (Wildman–Crippen MR) is 107 cm³/mol. The number of carboxylic acid groups (broad SMARTS) is 1. The Bertz CT molecular complexity index is 1030. The van der Waals surface area contributed by atoms with E-state index in [1.807, 2.05) is 0 Å². The van der Waals surface area contributed by atoms with Gasteiger partial charge >= 0.3 is 12.1 Å². The minimum absolute atomic E-state index is 0.0158.